The van der Waals surface area contributed by atoms with E-state index in [1.165, 1.54) is 19.3 Å². The summed E-state index contributed by atoms with van der Waals surface area (Å²) in [5.74, 6) is 1.08. The number of para-hydroxylation sites is 2. The van der Waals surface area contributed by atoms with Gasteiger partial charge in [-0.05, 0) is 18.6 Å². The van der Waals surface area contributed by atoms with Crippen molar-refractivity contribution in [1.29, 1.82) is 0 Å². The van der Waals surface area contributed by atoms with Crippen molar-refractivity contribution in [3.63, 3.8) is 0 Å². The van der Waals surface area contributed by atoms with Crippen LogP contribution in [0.3, 0.4) is 0 Å². The number of aromatic nitrogens is 2. The minimum atomic E-state index is 1.02. The zero-order chi connectivity index (χ0) is 10.7. The lowest BCUT2D eigenvalue weighted by molar-refractivity contribution is 0.697. The first-order valence-electron chi connectivity index (χ1n) is 5.48. The van der Waals surface area contributed by atoms with Gasteiger partial charge in [0.25, 0.3) is 0 Å². The first-order valence-corrected chi connectivity index (χ1v) is 5.88. The Balaban J connectivity index is 2.24. The fraction of sp³-hybridized carbons (Fsp3) is 0.417. The van der Waals surface area contributed by atoms with E-state index in [-0.39, 0.29) is 0 Å². The number of nitrogens with zero attached hydrogens (tertiary/aromatic N) is 2. The van der Waals surface area contributed by atoms with Gasteiger partial charge >= 0.3 is 0 Å². The molecule has 1 aromatic heterocycles. The molecule has 0 amide bonds. The van der Waals surface area contributed by atoms with Gasteiger partial charge in [-0.25, -0.2) is 4.98 Å². The third-order valence-electron chi connectivity index (χ3n) is 2.61. The summed E-state index contributed by atoms with van der Waals surface area (Å²) in [6.45, 7) is 2.21. The molecule has 3 heteroatoms. The lowest BCUT2D eigenvalue weighted by atomic mass is 10.2. The second-order valence-electron chi connectivity index (χ2n) is 3.79. The van der Waals surface area contributed by atoms with Crippen LogP contribution in [0.15, 0.2) is 24.3 Å². The lowest BCUT2D eigenvalue weighted by Gasteiger charge is -1.99. The first-order chi connectivity index (χ1) is 7.33. The van der Waals surface area contributed by atoms with Crippen LogP contribution >= 0.6 is 12.8 Å². The van der Waals surface area contributed by atoms with Crippen LogP contribution in [0, 0.1) is 0 Å². The topological polar surface area (TPSA) is 17.8 Å². The Bertz CT molecular complexity index is 448. The van der Waals surface area contributed by atoms with Crippen molar-refractivity contribution in [1.82, 2.24) is 8.96 Å². The van der Waals surface area contributed by atoms with Gasteiger partial charge in [0.15, 0.2) is 0 Å². The molecule has 0 aliphatic rings. The molecule has 0 fully saturated rings. The standard InChI is InChI=1S/C12H16N2S/c1-2-3-4-9-12-13-10-7-5-6-8-11(10)14(12)15/h5-8,15H,2-4,9H2,1H3. The smallest absolute Gasteiger partial charge is 0.119 e. The van der Waals surface area contributed by atoms with Crippen molar-refractivity contribution in [3.8, 4) is 0 Å². The van der Waals surface area contributed by atoms with Crippen LogP contribution in [0.1, 0.15) is 32.0 Å². The largest absolute Gasteiger partial charge is 0.272 e. The molecule has 0 saturated heterocycles. The van der Waals surface area contributed by atoms with Gasteiger partial charge < -0.3 is 0 Å². The Morgan fingerprint density at radius 3 is 2.80 bits per heavy atom. The molecule has 2 aromatic rings. The quantitative estimate of drug-likeness (QED) is 0.617. The van der Waals surface area contributed by atoms with E-state index in [1.54, 1.807) is 0 Å². The summed E-state index contributed by atoms with van der Waals surface area (Å²) < 4.78 is 1.91. The van der Waals surface area contributed by atoms with Crippen molar-refractivity contribution in [2.45, 2.75) is 32.6 Å². The molecule has 1 heterocycles. The molecule has 0 spiro atoms. The SMILES string of the molecule is CCCCCc1nc2ccccc2n1S. The highest BCUT2D eigenvalue weighted by atomic mass is 32.1. The summed E-state index contributed by atoms with van der Waals surface area (Å²) in [4.78, 5) is 4.57. The van der Waals surface area contributed by atoms with Gasteiger partial charge in [0.2, 0.25) is 0 Å². The van der Waals surface area contributed by atoms with Crippen LogP contribution < -0.4 is 0 Å². The van der Waals surface area contributed by atoms with E-state index >= 15 is 0 Å². The zero-order valence-electron chi connectivity index (χ0n) is 8.98. The van der Waals surface area contributed by atoms with Crippen LogP contribution in [0.25, 0.3) is 11.0 Å². The number of unbranched alkanes of at least 4 members (excludes halogenated alkanes) is 2. The molecule has 0 aliphatic carbocycles. The molecule has 2 nitrogen and oxygen atoms in total. The van der Waals surface area contributed by atoms with Crippen molar-refractivity contribution in [3.05, 3.63) is 30.1 Å². The Morgan fingerprint density at radius 2 is 2.07 bits per heavy atom. The van der Waals surface area contributed by atoms with E-state index in [0.29, 0.717) is 0 Å². The normalized spacial score (nSPS) is 11.1. The second-order valence-corrected chi connectivity index (χ2v) is 4.19. The maximum absolute atomic E-state index is 4.57. The van der Waals surface area contributed by atoms with Gasteiger partial charge in [0.05, 0.1) is 11.0 Å². The van der Waals surface area contributed by atoms with Crippen LogP contribution in [0.5, 0.6) is 0 Å². The summed E-state index contributed by atoms with van der Waals surface area (Å²) in [5.41, 5.74) is 2.14. The molecule has 0 aliphatic heterocycles. The summed E-state index contributed by atoms with van der Waals surface area (Å²) >= 11 is 4.47. The number of fused-ring (bicyclic) bond motifs is 1. The van der Waals surface area contributed by atoms with Gasteiger partial charge in [0, 0.05) is 6.42 Å². The van der Waals surface area contributed by atoms with Crippen LogP contribution in [-0.2, 0) is 6.42 Å². The van der Waals surface area contributed by atoms with E-state index in [2.05, 4.69) is 30.8 Å². The van der Waals surface area contributed by atoms with Crippen molar-refractivity contribution >= 4 is 23.8 Å². The van der Waals surface area contributed by atoms with E-state index in [4.69, 9.17) is 0 Å². The summed E-state index contributed by atoms with van der Waals surface area (Å²) in [7, 11) is 0. The molecule has 0 saturated carbocycles. The highest BCUT2D eigenvalue weighted by molar-refractivity contribution is 7.78. The predicted molar refractivity (Wildman–Crippen MR) is 67.3 cm³/mol. The van der Waals surface area contributed by atoms with Crippen molar-refractivity contribution < 1.29 is 0 Å². The number of thiol groups is 1. The maximum Gasteiger partial charge on any atom is 0.119 e. The average Bonchev–Trinajstić information content (AvgIpc) is 2.57. The molecule has 2 rings (SSSR count). The first kappa shape index (κ1) is 10.6. The number of hydrogen-bond donors (Lipinski definition) is 1. The highest BCUT2D eigenvalue weighted by Gasteiger charge is 2.06. The van der Waals surface area contributed by atoms with Crippen LogP contribution in [0.2, 0.25) is 0 Å². The van der Waals surface area contributed by atoms with Gasteiger partial charge in [-0.3, -0.25) is 3.97 Å². The van der Waals surface area contributed by atoms with Gasteiger partial charge in [0.1, 0.15) is 5.82 Å². The zero-order valence-corrected chi connectivity index (χ0v) is 9.87. The third-order valence-corrected chi connectivity index (χ3v) is 3.05. The highest BCUT2D eigenvalue weighted by Crippen LogP contribution is 2.18. The Morgan fingerprint density at radius 1 is 1.27 bits per heavy atom. The third kappa shape index (κ3) is 2.17. The molecule has 1 aromatic carbocycles. The Hall–Kier alpha value is -0.960. The average molecular weight is 220 g/mol. The molecular formula is C12H16N2S. The fourth-order valence-corrected chi connectivity index (χ4v) is 2.07. The second kappa shape index (κ2) is 4.71. The lowest BCUT2D eigenvalue weighted by Crippen LogP contribution is -1.93. The minimum Gasteiger partial charge on any atom is -0.272 e. The summed E-state index contributed by atoms with van der Waals surface area (Å²) in [6, 6.07) is 8.12. The Kier molecular flexibility index (Phi) is 3.31. The molecule has 80 valence electrons. The van der Waals surface area contributed by atoms with Gasteiger partial charge in [-0.15, -0.1) is 0 Å². The van der Waals surface area contributed by atoms with E-state index in [1.807, 2.05) is 22.2 Å². The number of benzene rings is 1. The van der Waals surface area contributed by atoms with Gasteiger partial charge in [-0.2, -0.15) is 0 Å². The predicted octanol–water partition coefficient (Wildman–Crippen LogP) is 3.46. The Labute approximate surface area is 95.9 Å². The van der Waals surface area contributed by atoms with E-state index < -0.39 is 0 Å². The van der Waals surface area contributed by atoms with Crippen molar-refractivity contribution in [2.24, 2.45) is 0 Å². The van der Waals surface area contributed by atoms with Crippen molar-refractivity contribution in [2.75, 3.05) is 0 Å². The number of aryl methyl sites for hydroxylation is 1. The minimum absolute atomic E-state index is 1.02. The summed E-state index contributed by atoms with van der Waals surface area (Å²) in [6.07, 6.45) is 4.72. The monoisotopic (exact) mass is 220 g/mol. The molecule has 0 radical (unpaired) electrons. The van der Waals surface area contributed by atoms with Gasteiger partial charge in [-0.1, -0.05) is 44.7 Å². The molecule has 0 N–H and O–H groups in total. The fourth-order valence-electron chi connectivity index (χ4n) is 1.76. The number of imidazole rings is 1. The van der Waals surface area contributed by atoms with Crippen LogP contribution in [0.4, 0.5) is 0 Å². The van der Waals surface area contributed by atoms with E-state index in [9.17, 15) is 0 Å². The number of rotatable bonds is 4. The van der Waals surface area contributed by atoms with E-state index in [0.717, 1.165) is 23.3 Å². The molecule has 0 atom stereocenters. The summed E-state index contributed by atoms with van der Waals surface area (Å²) in [5, 5.41) is 0. The number of hydrogen-bond acceptors (Lipinski definition) is 2. The molecule has 0 bridgehead atoms. The maximum atomic E-state index is 4.57. The molecule has 15 heavy (non-hydrogen) atoms. The molecular weight excluding hydrogens is 204 g/mol. The van der Waals surface area contributed by atoms with Crippen LogP contribution in [-0.4, -0.2) is 8.96 Å². The molecule has 0 unspecified atom stereocenters.